The predicted molar refractivity (Wildman–Crippen MR) is 69.5 cm³/mol. The number of nitrogens with zero attached hydrogens (tertiary/aromatic N) is 2. The van der Waals surface area contributed by atoms with Crippen LogP contribution in [-0.2, 0) is 4.74 Å². The van der Waals surface area contributed by atoms with Crippen LogP contribution >= 0.6 is 11.3 Å². The van der Waals surface area contributed by atoms with Gasteiger partial charge in [0, 0.05) is 7.05 Å². The Hall–Kier alpha value is -1.76. The molecule has 0 fully saturated rings. The lowest BCUT2D eigenvalue weighted by Crippen LogP contribution is -2.04. The normalized spacial score (nSPS) is 10.8. The van der Waals surface area contributed by atoms with E-state index in [9.17, 15) is 10.0 Å². The van der Waals surface area contributed by atoms with E-state index >= 15 is 0 Å². The highest BCUT2D eigenvalue weighted by atomic mass is 32.1. The van der Waals surface area contributed by atoms with Gasteiger partial charge in [0.15, 0.2) is 10.6 Å². The third-order valence-electron chi connectivity index (χ3n) is 2.52. The summed E-state index contributed by atoms with van der Waals surface area (Å²) >= 11 is 1.21. The maximum Gasteiger partial charge on any atom is 0.348 e. The first-order valence-corrected chi connectivity index (χ1v) is 6.55. The van der Waals surface area contributed by atoms with Crippen LogP contribution in [0.1, 0.15) is 29.4 Å². The lowest BCUT2D eigenvalue weighted by atomic mass is 10.3. The molecule has 0 saturated heterocycles. The van der Waals surface area contributed by atoms with Crippen molar-refractivity contribution in [1.82, 2.24) is 9.94 Å². The van der Waals surface area contributed by atoms with Gasteiger partial charge in [0.1, 0.15) is 4.88 Å². The smallest absolute Gasteiger partial charge is 0.348 e. The van der Waals surface area contributed by atoms with Gasteiger partial charge in [-0.05, 0) is 12.5 Å². The van der Waals surface area contributed by atoms with Gasteiger partial charge in [-0.1, -0.05) is 18.2 Å². The van der Waals surface area contributed by atoms with E-state index in [1.54, 1.807) is 13.1 Å². The maximum absolute atomic E-state index is 11.7. The van der Waals surface area contributed by atoms with Crippen LogP contribution in [0.3, 0.4) is 0 Å². The van der Waals surface area contributed by atoms with Gasteiger partial charge in [-0.3, -0.25) is 0 Å². The minimum Gasteiger partial charge on any atom is -0.462 e. The highest BCUT2D eigenvalue weighted by molar-refractivity contribution is 7.20. The van der Waals surface area contributed by atoms with E-state index in [0.29, 0.717) is 27.5 Å². The molecular formula is C11H15N3O3S. The summed E-state index contributed by atoms with van der Waals surface area (Å²) in [5.41, 5.74) is 0. The number of thiophene rings is 1. The van der Waals surface area contributed by atoms with Crippen molar-refractivity contribution >= 4 is 33.3 Å². The highest BCUT2D eigenvalue weighted by Gasteiger charge is 2.17. The Morgan fingerprint density at radius 3 is 3.11 bits per heavy atom. The molecule has 0 bridgehead atoms. The van der Waals surface area contributed by atoms with Crippen LogP contribution in [0.2, 0.25) is 0 Å². The molecule has 0 aliphatic heterocycles. The third-order valence-corrected chi connectivity index (χ3v) is 3.52. The average molecular weight is 269 g/mol. The molecule has 98 valence electrons. The molecule has 2 aromatic heterocycles. The summed E-state index contributed by atoms with van der Waals surface area (Å²) in [5, 5.41) is 16.9. The largest absolute Gasteiger partial charge is 0.462 e. The molecule has 7 heteroatoms. The molecule has 0 spiro atoms. The Morgan fingerprint density at radius 2 is 2.44 bits per heavy atom. The van der Waals surface area contributed by atoms with Crippen LogP contribution in [0.5, 0.6) is 0 Å². The Morgan fingerprint density at radius 1 is 1.67 bits per heavy atom. The molecule has 2 rings (SSSR count). The van der Waals surface area contributed by atoms with E-state index in [-0.39, 0.29) is 5.97 Å². The number of anilines is 1. The second kappa shape index (κ2) is 5.26. The molecule has 0 atom stereocenters. The molecule has 2 aromatic rings. The predicted octanol–water partition coefficient (Wildman–Crippen LogP) is 2.33. The lowest BCUT2D eigenvalue weighted by Gasteiger charge is -2.01. The quantitative estimate of drug-likeness (QED) is 0.495. The number of esters is 1. The number of hydrogen-bond donors (Lipinski definition) is 2. The molecule has 0 unspecified atom stereocenters. The second-order valence-electron chi connectivity index (χ2n) is 3.81. The first kappa shape index (κ1) is 12.7. The number of rotatable bonds is 5. The van der Waals surface area contributed by atoms with Gasteiger partial charge in [0.05, 0.1) is 12.0 Å². The van der Waals surface area contributed by atoms with Gasteiger partial charge < -0.3 is 15.3 Å². The summed E-state index contributed by atoms with van der Waals surface area (Å²) in [6, 6.07) is 1.68. The number of nitrogens with one attached hydrogen (secondary N) is 1. The van der Waals surface area contributed by atoms with E-state index in [4.69, 9.17) is 4.74 Å². The monoisotopic (exact) mass is 269 g/mol. The molecule has 2 N–H and O–H groups in total. The number of carbonyl (C=O) groups is 1. The van der Waals surface area contributed by atoms with Crippen LogP contribution in [0.15, 0.2) is 6.07 Å². The first-order valence-electron chi connectivity index (χ1n) is 5.74. The fourth-order valence-electron chi connectivity index (χ4n) is 1.58. The summed E-state index contributed by atoms with van der Waals surface area (Å²) < 4.78 is 5.13. The maximum atomic E-state index is 11.7. The molecule has 0 aliphatic carbocycles. The minimum atomic E-state index is -0.335. The number of ether oxygens (including phenoxy) is 1. The fraction of sp³-hybridized carbons (Fsp3) is 0.455. The van der Waals surface area contributed by atoms with Crippen LogP contribution < -0.4 is 5.32 Å². The molecular weight excluding hydrogens is 254 g/mol. The minimum absolute atomic E-state index is 0.335. The SMILES string of the molecule is CCCCOC(=O)c1cc2c(NC)n(O)nc2s1. The van der Waals surface area contributed by atoms with Gasteiger partial charge in [-0.2, -0.15) is 0 Å². The zero-order chi connectivity index (χ0) is 13.1. The fourth-order valence-corrected chi connectivity index (χ4v) is 2.50. The van der Waals surface area contributed by atoms with Crippen LogP contribution in [0.25, 0.3) is 10.2 Å². The molecule has 0 radical (unpaired) electrons. The Kier molecular flexibility index (Phi) is 3.71. The Balaban J connectivity index is 2.20. The second-order valence-corrected chi connectivity index (χ2v) is 4.84. The molecule has 18 heavy (non-hydrogen) atoms. The zero-order valence-electron chi connectivity index (χ0n) is 10.3. The van der Waals surface area contributed by atoms with Gasteiger partial charge in [0.2, 0.25) is 0 Å². The Bertz CT molecular complexity index is 561. The topological polar surface area (TPSA) is 76.4 Å². The van der Waals surface area contributed by atoms with Crippen molar-refractivity contribution in [2.24, 2.45) is 0 Å². The lowest BCUT2D eigenvalue weighted by molar-refractivity contribution is 0.0505. The van der Waals surface area contributed by atoms with Crippen LogP contribution in [0.4, 0.5) is 5.82 Å². The summed E-state index contributed by atoms with van der Waals surface area (Å²) in [4.78, 5) is 13.6. The first-order chi connectivity index (χ1) is 8.67. The van der Waals surface area contributed by atoms with Crippen molar-refractivity contribution in [3.63, 3.8) is 0 Å². The molecule has 0 saturated carbocycles. The summed E-state index contributed by atoms with van der Waals surface area (Å²) in [7, 11) is 1.68. The van der Waals surface area contributed by atoms with Crippen molar-refractivity contribution < 1.29 is 14.7 Å². The standard InChI is InChI=1S/C11H15N3O3S/c1-3-4-5-17-11(15)8-6-7-9(12-2)14(16)13-10(7)18-8/h6,12,16H,3-5H2,1-2H3. The van der Waals surface area contributed by atoms with E-state index in [1.165, 1.54) is 11.3 Å². The van der Waals surface area contributed by atoms with Gasteiger partial charge in [-0.15, -0.1) is 16.4 Å². The number of aromatic nitrogens is 2. The van der Waals surface area contributed by atoms with E-state index in [1.807, 2.05) is 6.92 Å². The van der Waals surface area contributed by atoms with Crippen molar-refractivity contribution in [2.45, 2.75) is 19.8 Å². The number of carbonyl (C=O) groups excluding carboxylic acids is 1. The van der Waals surface area contributed by atoms with E-state index < -0.39 is 0 Å². The third kappa shape index (κ3) is 2.26. The molecule has 0 aromatic carbocycles. The number of unbranched alkanes of at least 4 members (excludes halogenated alkanes) is 1. The highest BCUT2D eigenvalue weighted by Crippen LogP contribution is 2.30. The molecule has 0 aliphatic rings. The van der Waals surface area contributed by atoms with Crippen molar-refractivity contribution in [1.29, 1.82) is 0 Å². The van der Waals surface area contributed by atoms with Crippen LogP contribution in [0, 0.1) is 0 Å². The van der Waals surface area contributed by atoms with Gasteiger partial charge in [-0.25, -0.2) is 4.79 Å². The Labute approximate surface area is 108 Å². The molecule has 2 heterocycles. The molecule has 0 amide bonds. The molecule has 6 nitrogen and oxygen atoms in total. The zero-order valence-corrected chi connectivity index (χ0v) is 11.1. The van der Waals surface area contributed by atoms with Gasteiger partial charge in [0.25, 0.3) is 0 Å². The number of hydrogen-bond acceptors (Lipinski definition) is 6. The summed E-state index contributed by atoms with van der Waals surface area (Å²) in [6.07, 6.45) is 1.85. The summed E-state index contributed by atoms with van der Waals surface area (Å²) in [5.74, 6) is 0.131. The van der Waals surface area contributed by atoms with E-state index in [0.717, 1.165) is 17.7 Å². The van der Waals surface area contributed by atoms with Crippen molar-refractivity contribution in [2.75, 3.05) is 19.0 Å². The summed E-state index contributed by atoms with van der Waals surface area (Å²) in [6.45, 7) is 2.47. The van der Waals surface area contributed by atoms with Gasteiger partial charge >= 0.3 is 5.97 Å². The van der Waals surface area contributed by atoms with Crippen molar-refractivity contribution in [3.05, 3.63) is 10.9 Å². The average Bonchev–Trinajstić information content (AvgIpc) is 2.85. The van der Waals surface area contributed by atoms with Crippen molar-refractivity contribution in [3.8, 4) is 0 Å². The van der Waals surface area contributed by atoms with E-state index in [2.05, 4.69) is 10.4 Å². The number of fused-ring (bicyclic) bond motifs is 1. The van der Waals surface area contributed by atoms with Crippen LogP contribution in [-0.4, -0.2) is 34.8 Å².